The van der Waals surface area contributed by atoms with Gasteiger partial charge in [0.15, 0.2) is 0 Å². The number of benzene rings is 1. The van der Waals surface area contributed by atoms with E-state index in [1.165, 1.54) is 6.07 Å². The van der Waals surface area contributed by atoms with Crippen LogP contribution in [-0.4, -0.2) is 29.1 Å². The molecule has 5 heteroatoms. The van der Waals surface area contributed by atoms with Crippen molar-refractivity contribution in [1.29, 1.82) is 0 Å². The monoisotopic (exact) mass is 301 g/mol. The number of likely N-dealkylation sites (tertiary alicyclic amines) is 1. The molecule has 92 valence electrons. The molecule has 1 aliphatic rings. The number of aliphatic carboxylic acids is 1. The van der Waals surface area contributed by atoms with Crippen LogP contribution < -0.4 is 0 Å². The number of halogens is 2. The molecule has 0 aromatic heterocycles. The molecule has 0 radical (unpaired) electrons. The SMILES string of the molecule is O=C(O)C1CCN(Cc2ccc(F)c(Br)c2)C1. The highest BCUT2D eigenvalue weighted by molar-refractivity contribution is 9.10. The summed E-state index contributed by atoms with van der Waals surface area (Å²) in [7, 11) is 0. The first-order valence-corrected chi connectivity index (χ1v) is 6.24. The van der Waals surface area contributed by atoms with Gasteiger partial charge >= 0.3 is 5.97 Å². The second-order valence-corrected chi connectivity index (χ2v) is 5.16. The summed E-state index contributed by atoms with van der Waals surface area (Å²) in [4.78, 5) is 12.9. The van der Waals surface area contributed by atoms with Crippen molar-refractivity contribution in [2.45, 2.75) is 13.0 Å². The Labute approximate surface area is 107 Å². The normalized spacial score (nSPS) is 20.7. The Bertz CT molecular complexity index is 439. The van der Waals surface area contributed by atoms with Gasteiger partial charge in [-0.25, -0.2) is 4.39 Å². The zero-order chi connectivity index (χ0) is 12.4. The van der Waals surface area contributed by atoms with Crippen LogP contribution >= 0.6 is 15.9 Å². The lowest BCUT2D eigenvalue weighted by Gasteiger charge is -2.15. The van der Waals surface area contributed by atoms with Crippen molar-refractivity contribution in [1.82, 2.24) is 4.90 Å². The minimum atomic E-state index is -0.729. The van der Waals surface area contributed by atoms with Crippen molar-refractivity contribution in [3.63, 3.8) is 0 Å². The molecule has 1 aromatic carbocycles. The van der Waals surface area contributed by atoms with Crippen molar-refractivity contribution < 1.29 is 14.3 Å². The van der Waals surface area contributed by atoms with Crippen molar-refractivity contribution in [3.05, 3.63) is 34.1 Å². The Balaban J connectivity index is 1.98. The topological polar surface area (TPSA) is 40.5 Å². The number of carboxylic acid groups (broad SMARTS) is 1. The molecule has 0 amide bonds. The van der Waals surface area contributed by atoms with Crippen LogP contribution in [0, 0.1) is 11.7 Å². The third-order valence-electron chi connectivity index (χ3n) is 3.01. The molecule has 0 saturated carbocycles. The third-order valence-corrected chi connectivity index (χ3v) is 3.62. The first-order chi connectivity index (χ1) is 8.06. The zero-order valence-corrected chi connectivity index (χ0v) is 10.8. The summed E-state index contributed by atoms with van der Waals surface area (Å²) >= 11 is 3.14. The second-order valence-electron chi connectivity index (χ2n) is 4.31. The van der Waals surface area contributed by atoms with Crippen LogP contribution in [-0.2, 0) is 11.3 Å². The van der Waals surface area contributed by atoms with Crippen LogP contribution in [0.2, 0.25) is 0 Å². The van der Waals surface area contributed by atoms with E-state index in [1.54, 1.807) is 12.1 Å². The maximum Gasteiger partial charge on any atom is 0.307 e. The van der Waals surface area contributed by atoms with Crippen LogP contribution in [0.3, 0.4) is 0 Å². The van der Waals surface area contributed by atoms with E-state index in [-0.39, 0.29) is 11.7 Å². The average Bonchev–Trinajstić information content (AvgIpc) is 2.72. The molecule has 1 heterocycles. The fourth-order valence-electron chi connectivity index (χ4n) is 2.07. The molecule has 2 rings (SSSR count). The molecule has 3 nitrogen and oxygen atoms in total. The number of nitrogens with zero attached hydrogens (tertiary/aromatic N) is 1. The van der Waals surface area contributed by atoms with Gasteiger partial charge in [0.05, 0.1) is 10.4 Å². The molecule has 1 N–H and O–H groups in total. The van der Waals surface area contributed by atoms with Crippen molar-refractivity contribution in [3.8, 4) is 0 Å². The Morgan fingerprint density at radius 2 is 2.35 bits per heavy atom. The molecule has 1 fully saturated rings. The van der Waals surface area contributed by atoms with Crippen molar-refractivity contribution in [2.24, 2.45) is 5.92 Å². The van der Waals surface area contributed by atoms with E-state index >= 15 is 0 Å². The number of hydrogen-bond donors (Lipinski definition) is 1. The maximum absolute atomic E-state index is 13.0. The molecular formula is C12H13BrFNO2. The van der Waals surface area contributed by atoms with Crippen LogP contribution in [0.4, 0.5) is 4.39 Å². The van der Waals surface area contributed by atoms with Gasteiger partial charge in [-0.15, -0.1) is 0 Å². The largest absolute Gasteiger partial charge is 0.481 e. The van der Waals surface area contributed by atoms with Gasteiger partial charge in [-0.1, -0.05) is 6.07 Å². The summed E-state index contributed by atoms with van der Waals surface area (Å²) in [5.74, 6) is -1.27. The lowest BCUT2D eigenvalue weighted by molar-refractivity contribution is -0.141. The summed E-state index contributed by atoms with van der Waals surface area (Å²) in [6.07, 6.45) is 0.692. The van der Waals surface area contributed by atoms with E-state index in [9.17, 15) is 9.18 Å². The highest BCUT2D eigenvalue weighted by atomic mass is 79.9. The van der Waals surface area contributed by atoms with Gasteiger partial charge in [0.25, 0.3) is 0 Å². The zero-order valence-electron chi connectivity index (χ0n) is 9.20. The molecule has 1 aromatic rings. The summed E-state index contributed by atoms with van der Waals surface area (Å²) in [6, 6.07) is 4.89. The molecule has 1 aliphatic heterocycles. The first kappa shape index (κ1) is 12.5. The molecule has 1 saturated heterocycles. The van der Waals surface area contributed by atoms with Gasteiger partial charge in [0.2, 0.25) is 0 Å². The van der Waals surface area contributed by atoms with Crippen LogP contribution in [0.1, 0.15) is 12.0 Å². The lowest BCUT2D eigenvalue weighted by Crippen LogP contribution is -2.22. The fourth-order valence-corrected chi connectivity index (χ4v) is 2.50. The van der Waals surface area contributed by atoms with Gasteiger partial charge < -0.3 is 5.11 Å². The summed E-state index contributed by atoms with van der Waals surface area (Å²) < 4.78 is 13.5. The predicted molar refractivity (Wildman–Crippen MR) is 65.1 cm³/mol. The predicted octanol–water partition coefficient (Wildman–Crippen LogP) is 2.49. The highest BCUT2D eigenvalue weighted by Crippen LogP contribution is 2.21. The van der Waals surface area contributed by atoms with E-state index in [0.29, 0.717) is 24.0 Å². The van der Waals surface area contributed by atoms with E-state index in [0.717, 1.165) is 12.1 Å². The smallest absolute Gasteiger partial charge is 0.307 e. The fraction of sp³-hybridized carbons (Fsp3) is 0.417. The Morgan fingerprint density at radius 3 is 2.94 bits per heavy atom. The van der Waals surface area contributed by atoms with Crippen LogP contribution in [0.15, 0.2) is 22.7 Å². The molecule has 17 heavy (non-hydrogen) atoms. The summed E-state index contributed by atoms with van der Waals surface area (Å²) in [5.41, 5.74) is 0.990. The molecule has 1 unspecified atom stereocenters. The van der Waals surface area contributed by atoms with E-state index in [4.69, 9.17) is 5.11 Å². The molecule has 0 spiro atoms. The minimum Gasteiger partial charge on any atom is -0.481 e. The Morgan fingerprint density at radius 1 is 1.59 bits per heavy atom. The number of carbonyl (C=O) groups is 1. The van der Waals surface area contributed by atoms with Gasteiger partial charge in [-0.3, -0.25) is 9.69 Å². The quantitative estimate of drug-likeness (QED) is 0.932. The van der Waals surface area contributed by atoms with Crippen LogP contribution in [0.25, 0.3) is 0 Å². The third kappa shape index (κ3) is 3.04. The van der Waals surface area contributed by atoms with Gasteiger partial charge in [0.1, 0.15) is 5.82 Å². The van der Waals surface area contributed by atoms with E-state index < -0.39 is 5.97 Å². The molecule has 0 bridgehead atoms. The summed E-state index contributed by atoms with van der Waals surface area (Å²) in [5, 5.41) is 8.89. The Hall–Kier alpha value is -0.940. The molecule has 0 aliphatic carbocycles. The highest BCUT2D eigenvalue weighted by Gasteiger charge is 2.27. The number of rotatable bonds is 3. The van der Waals surface area contributed by atoms with Gasteiger partial charge in [-0.2, -0.15) is 0 Å². The maximum atomic E-state index is 13.0. The minimum absolute atomic E-state index is 0.265. The molecular weight excluding hydrogens is 289 g/mol. The second kappa shape index (κ2) is 5.14. The first-order valence-electron chi connectivity index (χ1n) is 5.45. The van der Waals surface area contributed by atoms with E-state index in [2.05, 4.69) is 20.8 Å². The molecule has 1 atom stereocenters. The average molecular weight is 302 g/mol. The van der Waals surface area contributed by atoms with Gasteiger partial charge in [0, 0.05) is 13.1 Å². The Kier molecular flexibility index (Phi) is 3.79. The van der Waals surface area contributed by atoms with Crippen molar-refractivity contribution in [2.75, 3.05) is 13.1 Å². The standard InChI is InChI=1S/C12H13BrFNO2/c13-10-5-8(1-2-11(10)14)6-15-4-3-9(7-15)12(16)17/h1-2,5,9H,3-4,6-7H2,(H,16,17). The van der Waals surface area contributed by atoms with Gasteiger partial charge in [-0.05, 0) is 46.6 Å². The summed E-state index contributed by atoms with van der Waals surface area (Å²) in [6.45, 7) is 2.03. The number of carboxylic acids is 1. The lowest BCUT2D eigenvalue weighted by atomic mass is 10.1. The van der Waals surface area contributed by atoms with Crippen molar-refractivity contribution >= 4 is 21.9 Å². The van der Waals surface area contributed by atoms with Crippen LogP contribution in [0.5, 0.6) is 0 Å². The number of hydrogen-bond acceptors (Lipinski definition) is 2. The van der Waals surface area contributed by atoms with E-state index in [1.807, 2.05) is 0 Å².